The van der Waals surface area contributed by atoms with Crippen molar-refractivity contribution in [3.05, 3.63) is 66.1 Å². The lowest BCUT2D eigenvalue weighted by Crippen LogP contribution is -2.00. The molecule has 0 saturated carbocycles. The number of rotatable bonds is 5. The van der Waals surface area contributed by atoms with Crippen LogP contribution in [-0.4, -0.2) is 19.7 Å². The molecule has 7 heteroatoms. The van der Waals surface area contributed by atoms with E-state index in [-0.39, 0.29) is 0 Å². The van der Waals surface area contributed by atoms with Crippen LogP contribution in [0.1, 0.15) is 5.56 Å². The highest BCUT2D eigenvalue weighted by Gasteiger charge is 2.08. The topological polar surface area (TPSA) is 68.8 Å². The molecule has 0 amide bonds. The van der Waals surface area contributed by atoms with Gasteiger partial charge in [0.05, 0.1) is 11.2 Å². The molecule has 3 aromatic heterocycles. The first kappa shape index (κ1) is 13.7. The van der Waals surface area contributed by atoms with E-state index >= 15 is 0 Å². The monoisotopic (exact) mass is 323 g/mol. The second-order valence-electron chi connectivity index (χ2n) is 4.88. The van der Waals surface area contributed by atoms with Gasteiger partial charge in [-0.15, -0.1) is 16.4 Å². The summed E-state index contributed by atoms with van der Waals surface area (Å²) in [6.07, 6.45) is 5.45. The molecule has 0 aliphatic heterocycles. The van der Waals surface area contributed by atoms with Crippen LogP contribution in [0, 0.1) is 0 Å². The second kappa shape index (κ2) is 6.05. The third-order valence-electron chi connectivity index (χ3n) is 3.34. The molecule has 0 spiro atoms. The zero-order valence-corrected chi connectivity index (χ0v) is 12.9. The van der Waals surface area contributed by atoms with Gasteiger partial charge in [0.2, 0.25) is 0 Å². The molecule has 0 radical (unpaired) electrons. The molecule has 4 rings (SSSR count). The van der Waals surface area contributed by atoms with Crippen LogP contribution in [0.15, 0.2) is 64.9 Å². The third kappa shape index (κ3) is 3.00. The Morgan fingerprint density at radius 3 is 2.78 bits per heavy atom. The standard InChI is InChI=1S/C16H13N5OS/c1-2-14(23-9-1)15-19-20-16(22-15)18-10-12-3-5-13(6-4-12)21-8-7-17-11-21/h1-9,11H,10H2,(H,18,20). The van der Waals surface area contributed by atoms with E-state index in [9.17, 15) is 0 Å². The van der Waals surface area contributed by atoms with Crippen LogP contribution in [0.2, 0.25) is 0 Å². The highest BCUT2D eigenvalue weighted by molar-refractivity contribution is 7.13. The van der Waals surface area contributed by atoms with Crippen LogP contribution in [0.5, 0.6) is 0 Å². The summed E-state index contributed by atoms with van der Waals surface area (Å²) in [5, 5.41) is 13.2. The van der Waals surface area contributed by atoms with E-state index < -0.39 is 0 Å². The van der Waals surface area contributed by atoms with Gasteiger partial charge in [-0.3, -0.25) is 0 Å². The van der Waals surface area contributed by atoms with Crippen molar-refractivity contribution in [2.24, 2.45) is 0 Å². The molecule has 0 saturated heterocycles. The summed E-state index contributed by atoms with van der Waals surface area (Å²) in [7, 11) is 0. The Labute approximate surface area is 136 Å². The summed E-state index contributed by atoms with van der Waals surface area (Å²) in [6, 6.07) is 12.5. The van der Waals surface area contributed by atoms with Gasteiger partial charge in [-0.05, 0) is 29.1 Å². The summed E-state index contributed by atoms with van der Waals surface area (Å²) in [6.45, 7) is 0.621. The lowest BCUT2D eigenvalue weighted by molar-refractivity contribution is 0.582. The van der Waals surface area contributed by atoms with Gasteiger partial charge < -0.3 is 14.3 Å². The van der Waals surface area contributed by atoms with Crippen molar-refractivity contribution in [3.8, 4) is 16.5 Å². The lowest BCUT2D eigenvalue weighted by atomic mass is 10.2. The molecular weight excluding hydrogens is 310 g/mol. The summed E-state index contributed by atoms with van der Waals surface area (Å²) in [5.41, 5.74) is 2.20. The molecule has 1 N–H and O–H groups in total. The molecule has 0 bridgehead atoms. The molecule has 3 heterocycles. The van der Waals surface area contributed by atoms with Gasteiger partial charge in [0.1, 0.15) is 0 Å². The van der Waals surface area contributed by atoms with Crippen molar-refractivity contribution >= 4 is 17.4 Å². The Hall–Kier alpha value is -2.93. The normalized spacial score (nSPS) is 10.8. The largest absolute Gasteiger partial charge is 0.403 e. The first-order chi connectivity index (χ1) is 11.4. The fourth-order valence-corrected chi connectivity index (χ4v) is 2.81. The Morgan fingerprint density at radius 2 is 2.04 bits per heavy atom. The number of aromatic nitrogens is 4. The maximum atomic E-state index is 5.60. The van der Waals surface area contributed by atoms with E-state index in [1.54, 1.807) is 23.9 Å². The van der Waals surface area contributed by atoms with Gasteiger partial charge in [-0.25, -0.2) is 4.98 Å². The minimum absolute atomic E-state index is 0.423. The first-order valence-corrected chi connectivity index (χ1v) is 7.95. The van der Waals surface area contributed by atoms with Gasteiger partial charge in [0, 0.05) is 24.6 Å². The quantitative estimate of drug-likeness (QED) is 0.608. The molecule has 6 nitrogen and oxygen atoms in total. The number of hydrogen-bond donors (Lipinski definition) is 1. The van der Waals surface area contributed by atoms with Gasteiger partial charge >= 0.3 is 6.01 Å². The van der Waals surface area contributed by atoms with Gasteiger partial charge in [0.15, 0.2) is 0 Å². The molecule has 114 valence electrons. The number of benzene rings is 1. The number of thiophene rings is 1. The zero-order valence-electron chi connectivity index (χ0n) is 12.1. The van der Waals surface area contributed by atoms with Crippen molar-refractivity contribution in [2.45, 2.75) is 6.54 Å². The van der Waals surface area contributed by atoms with Crippen LogP contribution >= 0.6 is 11.3 Å². The van der Waals surface area contributed by atoms with Crippen molar-refractivity contribution in [3.63, 3.8) is 0 Å². The van der Waals surface area contributed by atoms with Crippen molar-refractivity contribution in [1.82, 2.24) is 19.7 Å². The summed E-state index contributed by atoms with van der Waals surface area (Å²) >= 11 is 1.57. The first-order valence-electron chi connectivity index (χ1n) is 7.07. The van der Waals surface area contributed by atoms with Crippen LogP contribution in [0.25, 0.3) is 16.5 Å². The third-order valence-corrected chi connectivity index (χ3v) is 4.20. The van der Waals surface area contributed by atoms with Crippen LogP contribution in [-0.2, 0) is 6.54 Å². The molecule has 0 aliphatic rings. The lowest BCUT2D eigenvalue weighted by Gasteiger charge is -2.05. The number of imidazole rings is 1. The number of nitrogens with one attached hydrogen (secondary N) is 1. The molecule has 0 fully saturated rings. The predicted molar refractivity (Wildman–Crippen MR) is 88.5 cm³/mol. The Morgan fingerprint density at radius 1 is 1.13 bits per heavy atom. The summed E-state index contributed by atoms with van der Waals surface area (Å²) < 4.78 is 7.56. The fraction of sp³-hybridized carbons (Fsp3) is 0.0625. The van der Waals surface area contributed by atoms with Crippen molar-refractivity contribution in [1.29, 1.82) is 0 Å². The molecule has 1 aromatic carbocycles. The van der Waals surface area contributed by atoms with Gasteiger partial charge in [0.25, 0.3) is 5.89 Å². The van der Waals surface area contributed by atoms with E-state index in [4.69, 9.17) is 4.42 Å². The van der Waals surface area contributed by atoms with E-state index in [1.807, 2.05) is 40.4 Å². The van der Waals surface area contributed by atoms with Gasteiger partial charge in [-0.1, -0.05) is 23.3 Å². The number of anilines is 1. The highest BCUT2D eigenvalue weighted by Crippen LogP contribution is 2.24. The van der Waals surface area contributed by atoms with Crippen LogP contribution in [0.4, 0.5) is 6.01 Å². The maximum absolute atomic E-state index is 5.60. The minimum atomic E-state index is 0.423. The molecular formula is C16H13N5OS. The van der Waals surface area contributed by atoms with Crippen molar-refractivity contribution in [2.75, 3.05) is 5.32 Å². The molecule has 4 aromatic rings. The average molecular weight is 323 g/mol. The maximum Gasteiger partial charge on any atom is 0.316 e. The zero-order chi connectivity index (χ0) is 15.5. The summed E-state index contributed by atoms with van der Waals surface area (Å²) in [4.78, 5) is 5.01. The molecule has 0 atom stereocenters. The van der Waals surface area contributed by atoms with Crippen LogP contribution in [0.3, 0.4) is 0 Å². The highest BCUT2D eigenvalue weighted by atomic mass is 32.1. The Balaban J connectivity index is 1.41. The Bertz CT molecular complexity index is 866. The smallest absolute Gasteiger partial charge is 0.316 e. The predicted octanol–water partition coefficient (Wildman–Crippen LogP) is 3.60. The van der Waals surface area contributed by atoms with E-state index in [1.165, 1.54) is 0 Å². The van der Waals surface area contributed by atoms with Crippen molar-refractivity contribution < 1.29 is 4.42 Å². The number of hydrogen-bond acceptors (Lipinski definition) is 6. The van der Waals surface area contributed by atoms with Gasteiger partial charge in [-0.2, -0.15) is 0 Å². The summed E-state index contributed by atoms with van der Waals surface area (Å²) in [5.74, 6) is 0.540. The van der Waals surface area contributed by atoms with E-state index in [0.29, 0.717) is 18.5 Å². The molecule has 0 unspecified atom stereocenters. The Kier molecular flexibility index (Phi) is 3.61. The SMILES string of the molecule is c1csc(-c2nnc(NCc3ccc(-n4ccnc4)cc3)o2)c1. The van der Waals surface area contributed by atoms with E-state index in [2.05, 4.69) is 32.6 Å². The van der Waals surface area contributed by atoms with Crippen LogP contribution < -0.4 is 5.32 Å². The molecule has 23 heavy (non-hydrogen) atoms. The van der Waals surface area contributed by atoms with E-state index in [0.717, 1.165) is 16.1 Å². The molecule has 0 aliphatic carbocycles. The minimum Gasteiger partial charge on any atom is -0.403 e. The average Bonchev–Trinajstić information content (AvgIpc) is 3.35. The fourth-order valence-electron chi connectivity index (χ4n) is 2.17. The second-order valence-corrected chi connectivity index (χ2v) is 5.83. The number of nitrogens with zero attached hydrogens (tertiary/aromatic N) is 4.